The SMILES string of the molecule is CCOC(=O)C1(F)CCN(C/C=C/C(=O)O)CC1. The van der Waals surface area contributed by atoms with E-state index < -0.39 is 17.6 Å². The molecule has 6 heteroatoms. The lowest BCUT2D eigenvalue weighted by Gasteiger charge is -2.34. The van der Waals surface area contributed by atoms with Crippen molar-refractivity contribution in [1.29, 1.82) is 0 Å². The first-order chi connectivity index (χ1) is 8.48. The van der Waals surface area contributed by atoms with Crippen LogP contribution in [0.2, 0.25) is 0 Å². The van der Waals surface area contributed by atoms with Gasteiger partial charge in [-0.05, 0) is 6.92 Å². The maximum absolute atomic E-state index is 14.2. The molecule has 18 heavy (non-hydrogen) atoms. The molecule has 0 spiro atoms. The van der Waals surface area contributed by atoms with Crippen LogP contribution in [-0.2, 0) is 14.3 Å². The first-order valence-corrected chi connectivity index (χ1v) is 5.96. The quantitative estimate of drug-likeness (QED) is 0.589. The van der Waals surface area contributed by atoms with Gasteiger partial charge in [-0.3, -0.25) is 4.90 Å². The van der Waals surface area contributed by atoms with E-state index in [9.17, 15) is 14.0 Å². The van der Waals surface area contributed by atoms with Crippen molar-refractivity contribution in [2.45, 2.75) is 25.4 Å². The number of carbonyl (C=O) groups excluding carboxylic acids is 1. The number of carbonyl (C=O) groups is 2. The topological polar surface area (TPSA) is 66.8 Å². The van der Waals surface area contributed by atoms with Gasteiger partial charge in [-0.25, -0.2) is 14.0 Å². The number of ether oxygens (including phenoxy) is 1. The summed E-state index contributed by atoms with van der Waals surface area (Å²) in [6.07, 6.45) is 2.75. The van der Waals surface area contributed by atoms with Crippen LogP contribution in [0, 0.1) is 0 Å². The van der Waals surface area contributed by atoms with Crippen LogP contribution in [0.5, 0.6) is 0 Å². The number of hydrogen-bond donors (Lipinski definition) is 1. The molecular weight excluding hydrogens is 241 g/mol. The molecule has 5 nitrogen and oxygen atoms in total. The number of hydrogen-bond acceptors (Lipinski definition) is 4. The van der Waals surface area contributed by atoms with Gasteiger partial charge in [0.1, 0.15) is 0 Å². The molecule has 1 saturated heterocycles. The fraction of sp³-hybridized carbons (Fsp3) is 0.667. The van der Waals surface area contributed by atoms with E-state index in [0.29, 0.717) is 19.6 Å². The minimum atomic E-state index is -1.89. The molecule has 0 aliphatic carbocycles. The molecule has 0 aromatic heterocycles. The van der Waals surface area contributed by atoms with Gasteiger partial charge in [-0.15, -0.1) is 0 Å². The summed E-state index contributed by atoms with van der Waals surface area (Å²) in [5.74, 6) is -1.79. The number of aliphatic carboxylic acids is 1. The Bertz CT molecular complexity index is 335. The van der Waals surface area contributed by atoms with Crippen LogP contribution in [0.15, 0.2) is 12.2 Å². The monoisotopic (exact) mass is 259 g/mol. The predicted octanol–water partition coefficient (Wildman–Crippen LogP) is 0.994. The highest BCUT2D eigenvalue weighted by Gasteiger charge is 2.42. The fourth-order valence-corrected chi connectivity index (χ4v) is 1.86. The number of likely N-dealkylation sites (tertiary alicyclic amines) is 1. The second kappa shape index (κ2) is 6.49. The van der Waals surface area contributed by atoms with E-state index in [1.807, 2.05) is 4.90 Å². The van der Waals surface area contributed by atoms with Crippen molar-refractivity contribution in [2.24, 2.45) is 0 Å². The van der Waals surface area contributed by atoms with Gasteiger partial charge in [0.2, 0.25) is 5.67 Å². The van der Waals surface area contributed by atoms with Crippen LogP contribution in [0.3, 0.4) is 0 Å². The lowest BCUT2D eigenvalue weighted by atomic mass is 9.93. The van der Waals surface area contributed by atoms with E-state index >= 15 is 0 Å². The number of alkyl halides is 1. The molecule has 0 saturated carbocycles. The number of piperidine rings is 1. The van der Waals surface area contributed by atoms with Crippen LogP contribution in [0.25, 0.3) is 0 Å². The van der Waals surface area contributed by atoms with Gasteiger partial charge in [-0.1, -0.05) is 6.08 Å². The third-order valence-corrected chi connectivity index (χ3v) is 2.91. The van der Waals surface area contributed by atoms with Crippen molar-refractivity contribution in [3.63, 3.8) is 0 Å². The van der Waals surface area contributed by atoms with Crippen LogP contribution in [0.4, 0.5) is 4.39 Å². The Kier molecular flexibility index (Phi) is 5.27. The predicted molar refractivity (Wildman–Crippen MR) is 62.9 cm³/mol. The summed E-state index contributed by atoms with van der Waals surface area (Å²) >= 11 is 0. The lowest BCUT2D eigenvalue weighted by Crippen LogP contribution is -2.47. The lowest BCUT2D eigenvalue weighted by molar-refractivity contribution is -0.160. The summed E-state index contributed by atoms with van der Waals surface area (Å²) in [6, 6.07) is 0. The van der Waals surface area contributed by atoms with E-state index in [0.717, 1.165) is 6.08 Å². The summed E-state index contributed by atoms with van der Waals surface area (Å²) in [5.41, 5.74) is -1.89. The van der Waals surface area contributed by atoms with Crippen molar-refractivity contribution in [3.8, 4) is 0 Å². The molecule has 1 N–H and O–H groups in total. The third kappa shape index (κ3) is 4.10. The summed E-state index contributed by atoms with van der Waals surface area (Å²) in [4.78, 5) is 23.6. The molecular formula is C12H18FNO4. The Morgan fingerprint density at radius 3 is 2.56 bits per heavy atom. The van der Waals surface area contributed by atoms with Crippen LogP contribution < -0.4 is 0 Å². The van der Waals surface area contributed by atoms with E-state index in [1.165, 1.54) is 6.08 Å². The number of rotatable bonds is 5. The minimum absolute atomic E-state index is 0.0900. The second-order valence-electron chi connectivity index (χ2n) is 4.23. The van der Waals surface area contributed by atoms with Crippen LogP contribution in [-0.4, -0.2) is 53.9 Å². The van der Waals surface area contributed by atoms with Crippen LogP contribution in [0.1, 0.15) is 19.8 Å². The summed E-state index contributed by atoms with van der Waals surface area (Å²) in [6.45, 7) is 3.10. The minimum Gasteiger partial charge on any atom is -0.478 e. The molecule has 1 rings (SSSR count). The average Bonchev–Trinajstić information content (AvgIpc) is 2.32. The highest BCUT2D eigenvalue weighted by Crippen LogP contribution is 2.27. The molecule has 0 aromatic carbocycles. The molecule has 1 aliphatic heterocycles. The smallest absolute Gasteiger partial charge is 0.343 e. The van der Waals surface area contributed by atoms with Gasteiger partial charge >= 0.3 is 11.9 Å². The summed E-state index contributed by atoms with van der Waals surface area (Å²) in [7, 11) is 0. The van der Waals surface area contributed by atoms with Crippen molar-refractivity contribution < 1.29 is 23.8 Å². The maximum atomic E-state index is 14.2. The molecule has 0 bridgehead atoms. The van der Waals surface area contributed by atoms with Gasteiger partial charge in [0.15, 0.2) is 0 Å². The van der Waals surface area contributed by atoms with Gasteiger partial charge in [0.25, 0.3) is 0 Å². The van der Waals surface area contributed by atoms with Crippen LogP contribution >= 0.6 is 0 Å². The zero-order valence-corrected chi connectivity index (χ0v) is 10.4. The Hall–Kier alpha value is -1.43. The highest BCUT2D eigenvalue weighted by molar-refractivity contribution is 5.80. The fourth-order valence-electron chi connectivity index (χ4n) is 1.86. The Balaban J connectivity index is 2.40. The highest BCUT2D eigenvalue weighted by atomic mass is 19.1. The number of halogens is 1. The third-order valence-electron chi connectivity index (χ3n) is 2.91. The Morgan fingerprint density at radius 1 is 1.44 bits per heavy atom. The maximum Gasteiger partial charge on any atom is 0.343 e. The molecule has 0 unspecified atom stereocenters. The number of carboxylic acid groups (broad SMARTS) is 1. The Morgan fingerprint density at radius 2 is 2.06 bits per heavy atom. The molecule has 0 atom stereocenters. The first kappa shape index (κ1) is 14.6. The van der Waals surface area contributed by atoms with Gasteiger partial charge < -0.3 is 9.84 Å². The van der Waals surface area contributed by atoms with Crippen molar-refractivity contribution in [1.82, 2.24) is 4.90 Å². The summed E-state index contributed by atoms with van der Waals surface area (Å²) < 4.78 is 18.9. The van der Waals surface area contributed by atoms with E-state index in [-0.39, 0.29) is 19.4 Å². The van der Waals surface area contributed by atoms with E-state index in [4.69, 9.17) is 9.84 Å². The molecule has 0 radical (unpaired) electrons. The molecule has 0 aromatic rings. The van der Waals surface area contributed by atoms with Gasteiger partial charge in [-0.2, -0.15) is 0 Å². The van der Waals surface area contributed by atoms with Gasteiger partial charge in [0, 0.05) is 38.6 Å². The molecule has 1 aliphatic rings. The first-order valence-electron chi connectivity index (χ1n) is 5.96. The average molecular weight is 259 g/mol. The largest absolute Gasteiger partial charge is 0.478 e. The Labute approximate surface area is 105 Å². The van der Waals surface area contributed by atoms with E-state index in [2.05, 4.69) is 0 Å². The standard InChI is InChI=1S/C12H18FNO4/c1-2-18-11(17)12(13)5-8-14(9-6-12)7-3-4-10(15)16/h3-4H,2,5-9H2,1H3,(H,15,16)/b4-3+. The number of carboxylic acids is 1. The summed E-state index contributed by atoms with van der Waals surface area (Å²) in [5, 5.41) is 8.43. The zero-order chi connectivity index (χ0) is 13.6. The molecule has 1 heterocycles. The number of nitrogens with zero attached hydrogens (tertiary/aromatic N) is 1. The van der Waals surface area contributed by atoms with Crippen molar-refractivity contribution in [3.05, 3.63) is 12.2 Å². The van der Waals surface area contributed by atoms with Crippen molar-refractivity contribution >= 4 is 11.9 Å². The number of esters is 1. The molecule has 102 valence electrons. The zero-order valence-electron chi connectivity index (χ0n) is 10.4. The molecule has 0 amide bonds. The van der Waals surface area contributed by atoms with Gasteiger partial charge in [0.05, 0.1) is 6.61 Å². The second-order valence-corrected chi connectivity index (χ2v) is 4.23. The van der Waals surface area contributed by atoms with Crippen molar-refractivity contribution in [2.75, 3.05) is 26.2 Å². The normalized spacial score (nSPS) is 19.9. The van der Waals surface area contributed by atoms with E-state index in [1.54, 1.807) is 6.92 Å². The molecule has 1 fully saturated rings.